The van der Waals surface area contributed by atoms with Crippen LogP contribution in [-0.4, -0.2) is 16.2 Å². The molecule has 1 heterocycles. The highest BCUT2D eigenvalue weighted by molar-refractivity contribution is 7.07. The molecule has 0 aromatic carbocycles. The SMILES string of the molecule is C[C@]12CC[C@H](O)C[C@@H]1CC[C@@H]1[C@@H]2CC[C@]2(C)C(c3cscn3)CC[C@@H]12. The first-order valence-electron chi connectivity index (χ1n) is 10.6. The number of aliphatic hydroxyl groups is 1. The van der Waals surface area contributed by atoms with Gasteiger partial charge in [-0.05, 0) is 92.3 Å². The lowest BCUT2D eigenvalue weighted by atomic mass is 9.44. The van der Waals surface area contributed by atoms with Gasteiger partial charge in [0.15, 0.2) is 0 Å². The number of aromatic nitrogens is 1. The largest absolute Gasteiger partial charge is 0.393 e. The molecule has 0 aliphatic heterocycles. The van der Waals surface area contributed by atoms with Crippen LogP contribution in [0.2, 0.25) is 0 Å². The van der Waals surface area contributed by atoms with Gasteiger partial charge >= 0.3 is 0 Å². The second-order valence-electron chi connectivity index (χ2n) is 10.2. The second kappa shape index (κ2) is 5.79. The lowest BCUT2D eigenvalue weighted by molar-refractivity contribution is -0.123. The van der Waals surface area contributed by atoms with E-state index < -0.39 is 0 Å². The molecular formula is C22H33NOS. The molecule has 4 fully saturated rings. The Morgan fingerprint density at radius 1 is 1.00 bits per heavy atom. The van der Waals surface area contributed by atoms with Gasteiger partial charge in [0, 0.05) is 11.3 Å². The zero-order chi connectivity index (χ0) is 17.2. The molecule has 0 spiro atoms. The molecule has 4 saturated carbocycles. The molecule has 1 aromatic rings. The summed E-state index contributed by atoms with van der Waals surface area (Å²) in [5.41, 5.74) is 4.39. The Hall–Kier alpha value is -0.410. The fourth-order valence-corrected chi connectivity index (χ4v) is 8.72. The van der Waals surface area contributed by atoms with E-state index in [0.29, 0.717) is 16.7 Å². The minimum atomic E-state index is -0.0241. The average Bonchev–Trinajstić information content (AvgIpc) is 3.22. The van der Waals surface area contributed by atoms with E-state index in [-0.39, 0.29) is 6.10 Å². The van der Waals surface area contributed by atoms with Crippen molar-refractivity contribution in [1.82, 2.24) is 4.98 Å². The van der Waals surface area contributed by atoms with E-state index in [1.807, 2.05) is 5.51 Å². The van der Waals surface area contributed by atoms with Gasteiger partial charge in [-0.15, -0.1) is 11.3 Å². The first-order valence-corrected chi connectivity index (χ1v) is 11.5. The smallest absolute Gasteiger partial charge is 0.0794 e. The van der Waals surface area contributed by atoms with E-state index in [0.717, 1.165) is 36.5 Å². The Kier molecular flexibility index (Phi) is 3.88. The fraction of sp³-hybridized carbons (Fsp3) is 0.864. The van der Waals surface area contributed by atoms with Gasteiger partial charge in [-0.2, -0.15) is 0 Å². The molecule has 1 N–H and O–H groups in total. The van der Waals surface area contributed by atoms with E-state index in [1.165, 1.54) is 50.6 Å². The third-order valence-corrected chi connectivity index (χ3v) is 10.1. The zero-order valence-electron chi connectivity index (χ0n) is 15.8. The van der Waals surface area contributed by atoms with Crippen LogP contribution in [0.3, 0.4) is 0 Å². The number of hydrogen-bond acceptors (Lipinski definition) is 3. The van der Waals surface area contributed by atoms with Gasteiger partial charge in [0.25, 0.3) is 0 Å². The molecule has 5 rings (SSSR count). The number of hydrogen-bond donors (Lipinski definition) is 1. The summed E-state index contributed by atoms with van der Waals surface area (Å²) in [5, 5.41) is 12.5. The Balaban J connectivity index is 1.44. The van der Waals surface area contributed by atoms with Gasteiger partial charge in [-0.3, -0.25) is 0 Å². The van der Waals surface area contributed by atoms with Crippen molar-refractivity contribution in [3.8, 4) is 0 Å². The molecule has 4 aliphatic rings. The van der Waals surface area contributed by atoms with Crippen molar-refractivity contribution in [2.24, 2.45) is 34.5 Å². The van der Waals surface area contributed by atoms with Crippen molar-refractivity contribution < 1.29 is 5.11 Å². The van der Waals surface area contributed by atoms with Crippen molar-refractivity contribution in [2.45, 2.75) is 83.7 Å². The molecule has 25 heavy (non-hydrogen) atoms. The highest BCUT2D eigenvalue weighted by atomic mass is 32.1. The summed E-state index contributed by atoms with van der Waals surface area (Å²) in [6.07, 6.45) is 11.7. The maximum absolute atomic E-state index is 10.2. The van der Waals surface area contributed by atoms with Crippen molar-refractivity contribution in [2.75, 3.05) is 0 Å². The Morgan fingerprint density at radius 2 is 1.80 bits per heavy atom. The van der Waals surface area contributed by atoms with Gasteiger partial charge in [-0.25, -0.2) is 4.98 Å². The molecule has 1 unspecified atom stereocenters. The van der Waals surface area contributed by atoms with Gasteiger partial charge in [0.05, 0.1) is 17.3 Å². The quantitative estimate of drug-likeness (QED) is 0.705. The van der Waals surface area contributed by atoms with E-state index in [1.54, 1.807) is 11.3 Å². The molecule has 0 amide bonds. The number of nitrogens with zero attached hydrogens (tertiary/aromatic N) is 1. The van der Waals surface area contributed by atoms with Crippen LogP contribution in [0.1, 0.15) is 83.2 Å². The first-order chi connectivity index (χ1) is 12.0. The van der Waals surface area contributed by atoms with Crippen LogP contribution in [0.5, 0.6) is 0 Å². The van der Waals surface area contributed by atoms with Crippen LogP contribution in [0.4, 0.5) is 0 Å². The number of fused-ring (bicyclic) bond motifs is 5. The number of aliphatic hydroxyl groups excluding tert-OH is 1. The Bertz CT molecular complexity index is 630. The molecule has 1 aromatic heterocycles. The maximum Gasteiger partial charge on any atom is 0.0794 e. The first kappa shape index (κ1) is 16.7. The molecule has 138 valence electrons. The molecule has 4 aliphatic carbocycles. The molecule has 2 nitrogen and oxygen atoms in total. The number of thiazole rings is 1. The average molecular weight is 360 g/mol. The minimum Gasteiger partial charge on any atom is -0.393 e. The molecule has 3 heteroatoms. The predicted octanol–water partition coefficient (Wildman–Crippen LogP) is 5.63. The fourth-order valence-electron chi connectivity index (χ4n) is 8.12. The summed E-state index contributed by atoms with van der Waals surface area (Å²) in [6, 6.07) is 0. The molecule has 0 radical (unpaired) electrons. The lowest BCUT2D eigenvalue weighted by Crippen LogP contribution is -2.53. The van der Waals surface area contributed by atoms with Crippen LogP contribution >= 0.6 is 11.3 Å². The monoisotopic (exact) mass is 359 g/mol. The van der Waals surface area contributed by atoms with Crippen molar-refractivity contribution in [1.29, 1.82) is 0 Å². The summed E-state index contributed by atoms with van der Waals surface area (Å²) in [5.74, 6) is 4.22. The molecule has 8 atom stereocenters. The van der Waals surface area contributed by atoms with Gasteiger partial charge in [0.2, 0.25) is 0 Å². The predicted molar refractivity (Wildman–Crippen MR) is 103 cm³/mol. The van der Waals surface area contributed by atoms with E-state index >= 15 is 0 Å². The molecular weight excluding hydrogens is 326 g/mol. The summed E-state index contributed by atoms with van der Waals surface area (Å²) in [6.45, 7) is 5.19. The van der Waals surface area contributed by atoms with E-state index in [4.69, 9.17) is 4.98 Å². The van der Waals surface area contributed by atoms with Crippen LogP contribution in [0, 0.1) is 34.5 Å². The highest BCUT2D eigenvalue weighted by Gasteiger charge is 2.60. The molecule has 0 saturated heterocycles. The summed E-state index contributed by atoms with van der Waals surface area (Å²) in [7, 11) is 0. The van der Waals surface area contributed by atoms with Crippen LogP contribution in [0.15, 0.2) is 10.9 Å². The van der Waals surface area contributed by atoms with Crippen LogP contribution in [0.25, 0.3) is 0 Å². The van der Waals surface area contributed by atoms with Crippen LogP contribution < -0.4 is 0 Å². The van der Waals surface area contributed by atoms with E-state index in [2.05, 4.69) is 19.2 Å². The minimum absolute atomic E-state index is 0.0241. The summed E-state index contributed by atoms with van der Waals surface area (Å²) >= 11 is 1.77. The molecule has 0 bridgehead atoms. The summed E-state index contributed by atoms with van der Waals surface area (Å²) in [4.78, 5) is 4.72. The van der Waals surface area contributed by atoms with E-state index in [9.17, 15) is 5.11 Å². The Morgan fingerprint density at radius 3 is 2.60 bits per heavy atom. The van der Waals surface area contributed by atoms with Gasteiger partial charge in [-0.1, -0.05) is 13.8 Å². The maximum atomic E-state index is 10.2. The third-order valence-electron chi connectivity index (χ3n) is 9.45. The number of rotatable bonds is 1. The summed E-state index contributed by atoms with van der Waals surface area (Å²) < 4.78 is 0. The van der Waals surface area contributed by atoms with Crippen molar-refractivity contribution in [3.05, 3.63) is 16.6 Å². The lowest BCUT2D eigenvalue weighted by Gasteiger charge is -2.61. The third kappa shape index (κ3) is 2.34. The van der Waals surface area contributed by atoms with Crippen molar-refractivity contribution >= 4 is 11.3 Å². The highest BCUT2D eigenvalue weighted by Crippen LogP contribution is 2.68. The normalized spacial score (nSPS) is 52.3. The second-order valence-corrected chi connectivity index (χ2v) is 10.9. The van der Waals surface area contributed by atoms with Gasteiger partial charge < -0.3 is 5.11 Å². The van der Waals surface area contributed by atoms with Crippen LogP contribution in [-0.2, 0) is 0 Å². The topological polar surface area (TPSA) is 33.1 Å². The van der Waals surface area contributed by atoms with Gasteiger partial charge in [0.1, 0.15) is 0 Å². The standard InChI is InChI=1S/C22H33NOS/c1-21-9-7-15(24)11-14(21)3-4-16-17-5-6-19(20-12-25-13-23-20)22(17,2)10-8-18(16)21/h12-19,24H,3-11H2,1-2H3/t14-,15-,16-,17-,18-,19?,21-,22-/m0/s1. The Labute approximate surface area is 156 Å². The van der Waals surface area contributed by atoms with Crippen molar-refractivity contribution in [3.63, 3.8) is 0 Å². The zero-order valence-corrected chi connectivity index (χ0v) is 16.6.